The summed E-state index contributed by atoms with van der Waals surface area (Å²) in [6.45, 7) is 0. The average molecular weight is 372 g/mol. The molecule has 7 heteroatoms. The van der Waals surface area contributed by atoms with E-state index in [1.807, 2.05) is 0 Å². The first-order valence-electron chi connectivity index (χ1n) is 8.57. The lowest BCUT2D eigenvalue weighted by atomic mass is 10.1. The summed E-state index contributed by atoms with van der Waals surface area (Å²) in [6.07, 6.45) is 1.58. The number of hydrogen-bond donors (Lipinski definition) is 1. The van der Waals surface area contributed by atoms with Gasteiger partial charge < -0.3 is 10.1 Å². The first-order chi connectivity index (χ1) is 13.7. The number of amides is 1. The molecule has 4 rings (SSSR count). The van der Waals surface area contributed by atoms with Crippen LogP contribution in [0.5, 0.6) is 5.75 Å². The van der Waals surface area contributed by atoms with Crippen molar-refractivity contribution in [2.45, 2.75) is 0 Å². The molecule has 2 aromatic carbocycles. The van der Waals surface area contributed by atoms with Gasteiger partial charge in [0, 0.05) is 11.6 Å². The highest BCUT2D eigenvalue weighted by Crippen LogP contribution is 2.22. The van der Waals surface area contributed by atoms with E-state index in [-0.39, 0.29) is 11.3 Å². The number of benzene rings is 2. The SMILES string of the molecule is COc1ccccc1-n1nc(C(=O)Nc2ccccn2)c2ccccc2c1=O. The third-order valence-corrected chi connectivity index (χ3v) is 4.24. The molecule has 0 bridgehead atoms. The van der Waals surface area contributed by atoms with E-state index in [0.717, 1.165) is 0 Å². The minimum Gasteiger partial charge on any atom is -0.494 e. The highest BCUT2D eigenvalue weighted by molar-refractivity contribution is 6.10. The Bertz CT molecular complexity index is 1220. The van der Waals surface area contributed by atoms with Gasteiger partial charge in [0.15, 0.2) is 5.69 Å². The van der Waals surface area contributed by atoms with Crippen LogP contribution in [0.4, 0.5) is 5.82 Å². The largest absolute Gasteiger partial charge is 0.494 e. The Kier molecular flexibility index (Phi) is 4.55. The molecule has 138 valence electrons. The van der Waals surface area contributed by atoms with Gasteiger partial charge in [-0.3, -0.25) is 9.59 Å². The molecule has 1 amide bonds. The Labute approximate surface area is 160 Å². The molecule has 0 saturated heterocycles. The van der Waals surface area contributed by atoms with Crippen molar-refractivity contribution in [1.82, 2.24) is 14.8 Å². The maximum Gasteiger partial charge on any atom is 0.279 e. The van der Waals surface area contributed by atoms with Crippen LogP contribution < -0.4 is 15.6 Å². The topological polar surface area (TPSA) is 86.1 Å². The number of carbonyl (C=O) groups is 1. The van der Waals surface area contributed by atoms with Crippen molar-refractivity contribution in [1.29, 1.82) is 0 Å². The molecule has 7 nitrogen and oxygen atoms in total. The van der Waals surface area contributed by atoms with Gasteiger partial charge in [0.05, 0.1) is 12.5 Å². The number of methoxy groups -OCH3 is 1. The van der Waals surface area contributed by atoms with Crippen LogP contribution in [0.15, 0.2) is 77.7 Å². The number of ether oxygens (including phenoxy) is 1. The van der Waals surface area contributed by atoms with Crippen LogP contribution in [0.3, 0.4) is 0 Å². The molecule has 0 aliphatic heterocycles. The van der Waals surface area contributed by atoms with E-state index < -0.39 is 5.91 Å². The minimum absolute atomic E-state index is 0.117. The molecule has 0 fully saturated rings. The first-order valence-corrected chi connectivity index (χ1v) is 8.57. The van der Waals surface area contributed by atoms with Crippen molar-refractivity contribution in [3.63, 3.8) is 0 Å². The fourth-order valence-corrected chi connectivity index (χ4v) is 2.94. The fraction of sp³-hybridized carbons (Fsp3) is 0.0476. The number of aromatic nitrogens is 3. The Morgan fingerprint density at radius 1 is 0.964 bits per heavy atom. The molecule has 0 radical (unpaired) electrons. The highest BCUT2D eigenvalue weighted by Gasteiger charge is 2.19. The molecular formula is C21H16N4O3. The zero-order valence-electron chi connectivity index (χ0n) is 15.0. The lowest BCUT2D eigenvalue weighted by molar-refractivity contribution is 0.102. The Morgan fingerprint density at radius 2 is 1.68 bits per heavy atom. The van der Waals surface area contributed by atoms with Gasteiger partial charge in [-0.25, -0.2) is 4.98 Å². The second kappa shape index (κ2) is 7.32. The minimum atomic E-state index is -0.460. The molecule has 4 aromatic rings. The number of fused-ring (bicyclic) bond motifs is 1. The monoisotopic (exact) mass is 372 g/mol. The number of para-hydroxylation sites is 2. The zero-order valence-corrected chi connectivity index (χ0v) is 15.0. The average Bonchev–Trinajstić information content (AvgIpc) is 2.75. The van der Waals surface area contributed by atoms with Gasteiger partial charge in [0.25, 0.3) is 11.5 Å². The molecule has 0 saturated carbocycles. The molecule has 0 aliphatic rings. The Balaban J connectivity index is 1.92. The van der Waals surface area contributed by atoms with E-state index in [9.17, 15) is 9.59 Å². The summed E-state index contributed by atoms with van der Waals surface area (Å²) in [5.41, 5.74) is 0.230. The van der Waals surface area contributed by atoms with Crippen LogP contribution in [-0.4, -0.2) is 27.8 Å². The maximum atomic E-state index is 13.0. The van der Waals surface area contributed by atoms with Crippen LogP contribution in [0.1, 0.15) is 10.5 Å². The van der Waals surface area contributed by atoms with Crippen LogP contribution in [-0.2, 0) is 0 Å². The summed E-state index contributed by atoms with van der Waals surface area (Å²) in [7, 11) is 1.51. The quantitative estimate of drug-likeness (QED) is 0.595. The molecule has 28 heavy (non-hydrogen) atoms. The second-order valence-corrected chi connectivity index (χ2v) is 5.95. The van der Waals surface area contributed by atoms with Gasteiger partial charge in [0.2, 0.25) is 0 Å². The predicted molar refractivity (Wildman–Crippen MR) is 106 cm³/mol. The lowest BCUT2D eigenvalue weighted by Gasteiger charge is -2.13. The molecule has 0 unspecified atom stereocenters. The number of nitrogens with zero attached hydrogens (tertiary/aromatic N) is 3. The van der Waals surface area contributed by atoms with E-state index >= 15 is 0 Å². The lowest BCUT2D eigenvalue weighted by Crippen LogP contribution is -2.27. The van der Waals surface area contributed by atoms with Gasteiger partial charge in [-0.2, -0.15) is 9.78 Å². The zero-order chi connectivity index (χ0) is 19.5. The number of anilines is 1. The number of carbonyl (C=O) groups excluding carboxylic acids is 1. The van der Waals surface area contributed by atoms with E-state index in [1.54, 1.807) is 72.9 Å². The summed E-state index contributed by atoms with van der Waals surface area (Å²) < 4.78 is 6.54. The summed E-state index contributed by atoms with van der Waals surface area (Å²) in [6, 6.07) is 19.1. The van der Waals surface area contributed by atoms with E-state index in [0.29, 0.717) is 28.0 Å². The Morgan fingerprint density at radius 3 is 2.43 bits per heavy atom. The van der Waals surface area contributed by atoms with Crippen molar-refractivity contribution in [2.75, 3.05) is 12.4 Å². The van der Waals surface area contributed by atoms with Gasteiger partial charge in [0.1, 0.15) is 17.3 Å². The van der Waals surface area contributed by atoms with Gasteiger partial charge in [-0.15, -0.1) is 0 Å². The third-order valence-electron chi connectivity index (χ3n) is 4.24. The molecule has 0 aliphatic carbocycles. The van der Waals surface area contributed by atoms with Gasteiger partial charge in [-0.1, -0.05) is 36.4 Å². The van der Waals surface area contributed by atoms with E-state index in [2.05, 4.69) is 15.4 Å². The van der Waals surface area contributed by atoms with E-state index in [4.69, 9.17) is 4.74 Å². The molecule has 0 spiro atoms. The molecule has 0 atom stereocenters. The normalized spacial score (nSPS) is 10.6. The number of hydrogen-bond acceptors (Lipinski definition) is 5. The van der Waals surface area contributed by atoms with Gasteiger partial charge >= 0.3 is 0 Å². The summed E-state index contributed by atoms with van der Waals surface area (Å²) in [4.78, 5) is 30.0. The Hall–Kier alpha value is -4.00. The first kappa shape index (κ1) is 17.4. The molecule has 1 N–H and O–H groups in total. The summed E-state index contributed by atoms with van der Waals surface area (Å²) in [5.74, 6) is 0.412. The number of pyridine rings is 1. The smallest absolute Gasteiger partial charge is 0.279 e. The van der Waals surface area contributed by atoms with Crippen molar-refractivity contribution < 1.29 is 9.53 Å². The third kappa shape index (κ3) is 3.09. The van der Waals surface area contributed by atoms with Crippen LogP contribution in [0.2, 0.25) is 0 Å². The van der Waals surface area contributed by atoms with Crippen LogP contribution >= 0.6 is 0 Å². The highest BCUT2D eigenvalue weighted by atomic mass is 16.5. The van der Waals surface area contributed by atoms with E-state index in [1.165, 1.54) is 11.8 Å². The standard InChI is InChI=1S/C21H16N4O3/c1-28-17-11-5-4-10-16(17)25-21(27)15-9-3-2-8-14(15)19(24-25)20(26)23-18-12-6-7-13-22-18/h2-13H,1H3,(H,22,23,26). The van der Waals surface area contributed by atoms with Crippen molar-refractivity contribution in [3.05, 3.63) is 89.0 Å². The molecule has 2 aromatic heterocycles. The van der Waals surface area contributed by atoms with Gasteiger partial charge in [-0.05, 0) is 30.3 Å². The van der Waals surface area contributed by atoms with Crippen molar-refractivity contribution in [2.24, 2.45) is 0 Å². The molecule has 2 heterocycles. The predicted octanol–water partition coefficient (Wildman–Crippen LogP) is 3.04. The van der Waals surface area contributed by atoms with Crippen LogP contribution in [0, 0.1) is 0 Å². The maximum absolute atomic E-state index is 13.0. The molecular weight excluding hydrogens is 356 g/mol. The van der Waals surface area contributed by atoms with Crippen molar-refractivity contribution in [3.8, 4) is 11.4 Å². The summed E-state index contributed by atoms with van der Waals surface area (Å²) >= 11 is 0. The number of rotatable bonds is 4. The van der Waals surface area contributed by atoms with Crippen LogP contribution in [0.25, 0.3) is 16.5 Å². The van der Waals surface area contributed by atoms with Crippen molar-refractivity contribution >= 4 is 22.5 Å². The summed E-state index contributed by atoms with van der Waals surface area (Å²) in [5, 5.41) is 7.93. The number of nitrogens with one attached hydrogen (secondary N) is 1. The fourth-order valence-electron chi connectivity index (χ4n) is 2.94. The second-order valence-electron chi connectivity index (χ2n) is 5.95.